The maximum atomic E-state index is 13.5. The number of amides is 1. The molecule has 0 spiro atoms. The summed E-state index contributed by atoms with van der Waals surface area (Å²) >= 11 is 6.25. The van der Waals surface area contributed by atoms with Gasteiger partial charge in [-0.25, -0.2) is 8.42 Å². The summed E-state index contributed by atoms with van der Waals surface area (Å²) in [6.07, 6.45) is 0. The molecule has 3 aromatic carbocycles. The molecule has 10 heteroatoms. The summed E-state index contributed by atoms with van der Waals surface area (Å²) in [6.45, 7) is 1.33. The zero-order chi connectivity index (χ0) is 25.6. The Labute approximate surface area is 210 Å². The Morgan fingerprint density at radius 3 is 2.14 bits per heavy atom. The third-order valence-corrected chi connectivity index (χ3v) is 7.41. The lowest BCUT2D eigenvalue weighted by Crippen LogP contribution is -2.41. The lowest BCUT2D eigenvalue weighted by atomic mass is 10.1. The SMILES string of the molecule is COc1ccc(N(CC(=O)N[C@H](C)c2ccc(OC)c(OC)c2)S(=O)(=O)c2ccccc2)cc1Cl. The van der Waals surface area contributed by atoms with Crippen LogP contribution >= 0.6 is 11.6 Å². The maximum absolute atomic E-state index is 13.5. The van der Waals surface area contributed by atoms with Gasteiger partial charge >= 0.3 is 0 Å². The molecular weight excluding hydrogens is 492 g/mol. The predicted molar refractivity (Wildman–Crippen MR) is 135 cm³/mol. The highest BCUT2D eigenvalue weighted by Gasteiger charge is 2.28. The predicted octanol–water partition coefficient (Wildman–Crippen LogP) is 4.44. The number of hydrogen-bond acceptors (Lipinski definition) is 6. The standard InChI is InChI=1S/C25H27ClN2O6S/c1-17(18-10-12-23(33-3)24(14-18)34-4)27-25(29)16-28(19-11-13-22(32-2)21(26)15-19)35(30,31)20-8-6-5-7-9-20/h5-15,17H,16H2,1-4H3,(H,27,29)/t17-/m1/s1. The number of carbonyl (C=O) groups excluding carboxylic acids is 1. The second-order valence-corrected chi connectivity index (χ2v) is 9.82. The van der Waals surface area contributed by atoms with Crippen LogP contribution in [0.3, 0.4) is 0 Å². The summed E-state index contributed by atoms with van der Waals surface area (Å²) in [6, 6.07) is 17.3. The van der Waals surface area contributed by atoms with Crippen LogP contribution in [0, 0.1) is 0 Å². The number of anilines is 1. The molecule has 0 fully saturated rings. The Morgan fingerprint density at radius 2 is 1.54 bits per heavy atom. The van der Waals surface area contributed by atoms with Crippen molar-refractivity contribution in [3.05, 3.63) is 77.3 Å². The number of halogens is 1. The average molecular weight is 519 g/mol. The third kappa shape index (κ3) is 5.98. The fraction of sp³-hybridized carbons (Fsp3) is 0.240. The molecule has 3 aromatic rings. The fourth-order valence-corrected chi connectivity index (χ4v) is 5.15. The number of ether oxygens (including phenoxy) is 3. The van der Waals surface area contributed by atoms with E-state index in [0.717, 1.165) is 9.87 Å². The van der Waals surface area contributed by atoms with E-state index in [2.05, 4.69) is 5.32 Å². The molecule has 1 amide bonds. The van der Waals surface area contributed by atoms with Crippen molar-refractivity contribution < 1.29 is 27.4 Å². The summed E-state index contributed by atoms with van der Waals surface area (Å²) < 4.78 is 43.7. The molecule has 0 aliphatic heterocycles. The number of hydrogen-bond donors (Lipinski definition) is 1. The second-order valence-electron chi connectivity index (χ2n) is 7.55. The van der Waals surface area contributed by atoms with Gasteiger partial charge in [-0.05, 0) is 55.0 Å². The highest BCUT2D eigenvalue weighted by atomic mass is 35.5. The fourth-order valence-electron chi connectivity index (χ4n) is 3.47. The van der Waals surface area contributed by atoms with Crippen LogP contribution in [0.15, 0.2) is 71.6 Å². The van der Waals surface area contributed by atoms with E-state index in [4.69, 9.17) is 25.8 Å². The quantitative estimate of drug-likeness (QED) is 0.426. The average Bonchev–Trinajstić information content (AvgIpc) is 2.87. The van der Waals surface area contributed by atoms with Gasteiger partial charge in [-0.15, -0.1) is 0 Å². The molecule has 1 N–H and O–H groups in total. The largest absolute Gasteiger partial charge is 0.495 e. The van der Waals surface area contributed by atoms with E-state index in [1.807, 2.05) is 0 Å². The van der Waals surface area contributed by atoms with Crippen LogP contribution in [0.1, 0.15) is 18.5 Å². The van der Waals surface area contributed by atoms with Gasteiger partial charge in [-0.2, -0.15) is 0 Å². The molecule has 0 unspecified atom stereocenters. The van der Waals surface area contributed by atoms with E-state index in [-0.39, 0.29) is 15.6 Å². The van der Waals surface area contributed by atoms with E-state index >= 15 is 0 Å². The molecule has 35 heavy (non-hydrogen) atoms. The zero-order valence-electron chi connectivity index (χ0n) is 19.8. The van der Waals surface area contributed by atoms with E-state index in [0.29, 0.717) is 17.2 Å². The van der Waals surface area contributed by atoms with Crippen LogP contribution in [0.4, 0.5) is 5.69 Å². The van der Waals surface area contributed by atoms with Crippen molar-refractivity contribution >= 4 is 33.2 Å². The van der Waals surface area contributed by atoms with Crippen LogP contribution < -0.4 is 23.8 Å². The van der Waals surface area contributed by atoms with Crippen LogP contribution in [0.5, 0.6) is 17.2 Å². The van der Waals surface area contributed by atoms with Crippen molar-refractivity contribution in [1.82, 2.24) is 5.32 Å². The number of sulfonamides is 1. The first kappa shape index (κ1) is 26.2. The van der Waals surface area contributed by atoms with E-state index < -0.39 is 28.5 Å². The molecule has 0 aliphatic carbocycles. The molecule has 3 rings (SSSR count). The van der Waals surface area contributed by atoms with Gasteiger partial charge in [-0.3, -0.25) is 9.10 Å². The number of rotatable bonds is 10. The molecule has 0 saturated carbocycles. The molecule has 1 atom stereocenters. The number of nitrogens with one attached hydrogen (secondary N) is 1. The minimum atomic E-state index is -4.07. The van der Waals surface area contributed by atoms with Crippen molar-refractivity contribution in [3.63, 3.8) is 0 Å². The van der Waals surface area contributed by atoms with Crippen molar-refractivity contribution in [2.24, 2.45) is 0 Å². The highest BCUT2D eigenvalue weighted by Crippen LogP contribution is 2.32. The Balaban J connectivity index is 1.90. The van der Waals surface area contributed by atoms with Gasteiger partial charge in [0.15, 0.2) is 11.5 Å². The Hall–Kier alpha value is -3.43. The van der Waals surface area contributed by atoms with Crippen LogP contribution in [0.25, 0.3) is 0 Å². The summed E-state index contributed by atoms with van der Waals surface area (Å²) in [5, 5.41) is 3.07. The van der Waals surface area contributed by atoms with Gasteiger partial charge in [0.05, 0.1) is 43.0 Å². The number of benzene rings is 3. The summed E-state index contributed by atoms with van der Waals surface area (Å²) in [7, 11) is 0.454. The topological polar surface area (TPSA) is 94.2 Å². The Kier molecular flexibility index (Phi) is 8.48. The Morgan fingerprint density at radius 1 is 0.914 bits per heavy atom. The molecule has 0 aromatic heterocycles. The van der Waals surface area contributed by atoms with E-state index in [1.165, 1.54) is 45.6 Å². The molecule has 0 bridgehead atoms. The number of nitrogens with zero attached hydrogens (tertiary/aromatic N) is 1. The Bertz CT molecular complexity index is 1280. The summed E-state index contributed by atoms with van der Waals surface area (Å²) in [5.41, 5.74) is 0.995. The second kappa shape index (κ2) is 11.3. The summed E-state index contributed by atoms with van der Waals surface area (Å²) in [5.74, 6) is 0.969. The summed E-state index contributed by atoms with van der Waals surface area (Å²) in [4.78, 5) is 13.1. The van der Waals surface area contributed by atoms with E-state index in [9.17, 15) is 13.2 Å². The smallest absolute Gasteiger partial charge is 0.264 e. The van der Waals surface area contributed by atoms with Gasteiger partial charge in [0, 0.05) is 0 Å². The van der Waals surface area contributed by atoms with Crippen molar-refractivity contribution in [1.29, 1.82) is 0 Å². The first-order valence-corrected chi connectivity index (χ1v) is 12.5. The highest BCUT2D eigenvalue weighted by molar-refractivity contribution is 7.92. The van der Waals surface area contributed by atoms with Gasteiger partial charge < -0.3 is 19.5 Å². The van der Waals surface area contributed by atoms with Gasteiger partial charge in [0.25, 0.3) is 10.0 Å². The first-order chi connectivity index (χ1) is 16.7. The minimum absolute atomic E-state index is 0.0488. The van der Waals surface area contributed by atoms with Gasteiger partial charge in [0.2, 0.25) is 5.91 Å². The molecule has 0 aliphatic rings. The third-order valence-electron chi connectivity index (χ3n) is 5.33. The lowest BCUT2D eigenvalue weighted by Gasteiger charge is -2.25. The van der Waals surface area contributed by atoms with Crippen molar-refractivity contribution in [2.75, 3.05) is 32.2 Å². The molecular formula is C25H27ClN2O6S. The molecule has 0 saturated heterocycles. The minimum Gasteiger partial charge on any atom is -0.495 e. The maximum Gasteiger partial charge on any atom is 0.264 e. The van der Waals surface area contributed by atoms with Crippen molar-refractivity contribution in [3.8, 4) is 17.2 Å². The van der Waals surface area contributed by atoms with Crippen LogP contribution in [0.2, 0.25) is 5.02 Å². The van der Waals surface area contributed by atoms with Crippen LogP contribution in [-0.2, 0) is 14.8 Å². The van der Waals surface area contributed by atoms with Crippen LogP contribution in [-0.4, -0.2) is 42.2 Å². The normalized spacial score (nSPS) is 11.9. The molecule has 0 radical (unpaired) electrons. The molecule has 0 heterocycles. The van der Waals surface area contributed by atoms with E-state index in [1.54, 1.807) is 49.4 Å². The van der Waals surface area contributed by atoms with Gasteiger partial charge in [0.1, 0.15) is 12.3 Å². The zero-order valence-corrected chi connectivity index (χ0v) is 21.4. The number of methoxy groups -OCH3 is 3. The van der Waals surface area contributed by atoms with Crippen molar-refractivity contribution in [2.45, 2.75) is 17.9 Å². The number of carbonyl (C=O) groups is 1. The first-order valence-electron chi connectivity index (χ1n) is 10.6. The molecule has 8 nitrogen and oxygen atoms in total. The molecule has 186 valence electrons. The van der Waals surface area contributed by atoms with Gasteiger partial charge in [-0.1, -0.05) is 35.9 Å². The lowest BCUT2D eigenvalue weighted by molar-refractivity contribution is -0.120. The monoisotopic (exact) mass is 518 g/mol.